The van der Waals surface area contributed by atoms with Gasteiger partial charge < -0.3 is 4.74 Å². The summed E-state index contributed by atoms with van der Waals surface area (Å²) in [5.41, 5.74) is -1.41. The van der Waals surface area contributed by atoms with E-state index in [1.165, 1.54) is 13.8 Å². The Morgan fingerprint density at radius 3 is 2.62 bits per heavy atom. The first-order valence-electron chi connectivity index (χ1n) is 3.62. The lowest BCUT2D eigenvalue weighted by Crippen LogP contribution is -2.43. The highest BCUT2D eigenvalue weighted by atomic mass is 16.6. The number of nitrogens with zero attached hydrogens (tertiary/aromatic N) is 1. The zero-order chi connectivity index (χ0) is 10.5. The van der Waals surface area contributed by atoms with E-state index in [4.69, 9.17) is 11.2 Å². The second kappa shape index (κ2) is 4.58. The van der Waals surface area contributed by atoms with E-state index in [0.29, 0.717) is 0 Å². The van der Waals surface area contributed by atoms with Crippen LogP contribution in [0.2, 0.25) is 0 Å². The SMILES string of the molecule is C#CCOC(C)(C[N+](=O)[O-])C(C)=O. The van der Waals surface area contributed by atoms with Crippen LogP contribution in [0.5, 0.6) is 0 Å². The monoisotopic (exact) mass is 185 g/mol. The van der Waals surface area contributed by atoms with E-state index in [2.05, 4.69) is 5.92 Å². The van der Waals surface area contributed by atoms with E-state index < -0.39 is 22.9 Å². The first-order valence-corrected chi connectivity index (χ1v) is 3.62. The topological polar surface area (TPSA) is 69.4 Å². The molecule has 5 nitrogen and oxygen atoms in total. The predicted molar refractivity (Wildman–Crippen MR) is 45.7 cm³/mol. The molecule has 1 atom stereocenters. The third-order valence-corrected chi connectivity index (χ3v) is 1.65. The van der Waals surface area contributed by atoms with Gasteiger partial charge in [-0.05, 0) is 13.8 Å². The number of carbonyl (C=O) groups is 1. The van der Waals surface area contributed by atoms with Gasteiger partial charge in [0, 0.05) is 4.92 Å². The molecular weight excluding hydrogens is 174 g/mol. The molecule has 0 heterocycles. The molecule has 0 saturated carbocycles. The third kappa shape index (κ3) is 3.67. The van der Waals surface area contributed by atoms with Crippen molar-refractivity contribution in [2.75, 3.05) is 13.2 Å². The Bertz CT molecular complexity index is 255. The second-order valence-corrected chi connectivity index (χ2v) is 2.77. The lowest BCUT2D eigenvalue weighted by atomic mass is 10.0. The molecule has 13 heavy (non-hydrogen) atoms. The normalized spacial score (nSPS) is 14.2. The van der Waals surface area contributed by atoms with Gasteiger partial charge in [-0.1, -0.05) is 5.92 Å². The van der Waals surface area contributed by atoms with E-state index in [9.17, 15) is 14.9 Å². The maximum atomic E-state index is 11.0. The van der Waals surface area contributed by atoms with Crippen LogP contribution < -0.4 is 0 Å². The smallest absolute Gasteiger partial charge is 0.239 e. The van der Waals surface area contributed by atoms with E-state index in [1.54, 1.807) is 0 Å². The van der Waals surface area contributed by atoms with E-state index >= 15 is 0 Å². The minimum absolute atomic E-state index is 0.107. The molecule has 0 bridgehead atoms. The van der Waals surface area contributed by atoms with Crippen molar-refractivity contribution in [2.24, 2.45) is 0 Å². The summed E-state index contributed by atoms with van der Waals surface area (Å²) in [5.74, 6) is 1.75. The highest BCUT2D eigenvalue weighted by Gasteiger charge is 2.36. The summed E-state index contributed by atoms with van der Waals surface area (Å²) >= 11 is 0. The second-order valence-electron chi connectivity index (χ2n) is 2.77. The van der Waals surface area contributed by atoms with Crippen LogP contribution in [-0.4, -0.2) is 29.5 Å². The molecular formula is C8H11NO4. The van der Waals surface area contributed by atoms with Crippen molar-refractivity contribution < 1.29 is 14.5 Å². The van der Waals surface area contributed by atoms with Crippen LogP contribution in [0.4, 0.5) is 0 Å². The van der Waals surface area contributed by atoms with E-state index in [-0.39, 0.29) is 6.61 Å². The number of ether oxygens (including phenoxy) is 1. The summed E-state index contributed by atoms with van der Waals surface area (Å²) < 4.78 is 4.92. The fourth-order valence-corrected chi connectivity index (χ4v) is 0.706. The van der Waals surface area contributed by atoms with Crippen molar-refractivity contribution in [3.05, 3.63) is 10.1 Å². The first-order chi connectivity index (χ1) is 5.92. The molecule has 0 radical (unpaired) electrons. The fourth-order valence-electron chi connectivity index (χ4n) is 0.706. The molecule has 0 aromatic carbocycles. The van der Waals surface area contributed by atoms with Gasteiger partial charge in [-0.3, -0.25) is 14.9 Å². The predicted octanol–water partition coefficient (Wildman–Crippen LogP) is 0.261. The zero-order valence-corrected chi connectivity index (χ0v) is 7.57. The molecule has 0 amide bonds. The molecule has 0 aromatic heterocycles. The van der Waals surface area contributed by atoms with Gasteiger partial charge in [0.05, 0.1) is 0 Å². The largest absolute Gasteiger partial charge is 0.348 e. The quantitative estimate of drug-likeness (QED) is 0.350. The van der Waals surface area contributed by atoms with Crippen LogP contribution in [0, 0.1) is 22.5 Å². The van der Waals surface area contributed by atoms with Gasteiger partial charge in [-0.15, -0.1) is 6.42 Å². The lowest BCUT2D eigenvalue weighted by Gasteiger charge is -2.21. The Labute approximate surface area is 76.2 Å². The summed E-state index contributed by atoms with van der Waals surface area (Å²) in [5, 5.41) is 10.2. The van der Waals surface area contributed by atoms with Crippen molar-refractivity contribution in [1.29, 1.82) is 0 Å². The number of hydrogen-bond acceptors (Lipinski definition) is 4. The number of Topliss-reactive ketones (excluding diaryl/α,β-unsaturated/α-hetero) is 1. The molecule has 0 aliphatic heterocycles. The van der Waals surface area contributed by atoms with Crippen molar-refractivity contribution in [3.8, 4) is 12.3 Å². The summed E-state index contributed by atoms with van der Waals surface area (Å²) in [4.78, 5) is 20.6. The van der Waals surface area contributed by atoms with Crippen LogP contribution in [0.15, 0.2) is 0 Å². The lowest BCUT2D eigenvalue weighted by molar-refractivity contribution is -0.496. The Kier molecular flexibility index (Phi) is 4.08. The van der Waals surface area contributed by atoms with E-state index in [1.807, 2.05) is 0 Å². The van der Waals surface area contributed by atoms with Crippen molar-refractivity contribution >= 4 is 5.78 Å². The average Bonchev–Trinajstić information content (AvgIpc) is 1.99. The van der Waals surface area contributed by atoms with Gasteiger partial charge in [0.1, 0.15) is 6.61 Å². The van der Waals surface area contributed by atoms with Crippen LogP contribution in [0.1, 0.15) is 13.8 Å². The number of rotatable bonds is 5. The number of carbonyl (C=O) groups excluding carboxylic acids is 1. The zero-order valence-electron chi connectivity index (χ0n) is 7.57. The molecule has 0 saturated heterocycles. The van der Waals surface area contributed by atoms with E-state index in [0.717, 1.165) is 0 Å². The maximum Gasteiger partial charge on any atom is 0.239 e. The average molecular weight is 185 g/mol. The Balaban J connectivity index is 4.45. The molecule has 0 aliphatic carbocycles. The summed E-state index contributed by atoms with van der Waals surface area (Å²) in [6.45, 7) is 1.92. The van der Waals surface area contributed by atoms with Gasteiger partial charge in [-0.25, -0.2) is 0 Å². The Morgan fingerprint density at radius 2 is 2.31 bits per heavy atom. The van der Waals surface area contributed by atoms with Gasteiger partial charge in [0.2, 0.25) is 6.54 Å². The number of terminal acetylenes is 1. The Hall–Kier alpha value is -1.41. The van der Waals surface area contributed by atoms with Gasteiger partial charge in [-0.2, -0.15) is 0 Å². The Morgan fingerprint density at radius 1 is 1.77 bits per heavy atom. The van der Waals surface area contributed by atoms with Gasteiger partial charge >= 0.3 is 0 Å². The minimum atomic E-state index is -1.41. The summed E-state index contributed by atoms with van der Waals surface area (Å²) in [6, 6.07) is 0. The summed E-state index contributed by atoms with van der Waals surface area (Å²) in [6.07, 6.45) is 4.91. The molecule has 5 heteroatoms. The van der Waals surface area contributed by atoms with Crippen LogP contribution in [0.3, 0.4) is 0 Å². The van der Waals surface area contributed by atoms with Crippen LogP contribution in [0.25, 0.3) is 0 Å². The molecule has 1 unspecified atom stereocenters. The fraction of sp³-hybridized carbons (Fsp3) is 0.625. The first kappa shape index (κ1) is 11.6. The number of nitro groups is 1. The molecule has 0 aromatic rings. The standard InChI is InChI=1S/C8H11NO4/c1-4-5-13-8(3,7(2)10)6-9(11)12/h1H,5-6H2,2-3H3. The van der Waals surface area contributed by atoms with Gasteiger partial charge in [0.25, 0.3) is 0 Å². The molecule has 0 aliphatic rings. The highest BCUT2D eigenvalue weighted by Crippen LogP contribution is 2.11. The molecule has 72 valence electrons. The third-order valence-electron chi connectivity index (χ3n) is 1.65. The molecule has 0 fully saturated rings. The van der Waals surface area contributed by atoms with Crippen LogP contribution in [-0.2, 0) is 9.53 Å². The molecule has 0 spiro atoms. The molecule has 0 rings (SSSR count). The van der Waals surface area contributed by atoms with Crippen molar-refractivity contribution in [2.45, 2.75) is 19.4 Å². The highest BCUT2D eigenvalue weighted by molar-refractivity contribution is 5.84. The molecule has 0 N–H and O–H groups in total. The maximum absolute atomic E-state index is 11.0. The van der Waals surface area contributed by atoms with Crippen molar-refractivity contribution in [3.63, 3.8) is 0 Å². The number of hydrogen-bond donors (Lipinski definition) is 0. The van der Waals surface area contributed by atoms with Crippen molar-refractivity contribution in [1.82, 2.24) is 0 Å². The van der Waals surface area contributed by atoms with Gasteiger partial charge in [0.15, 0.2) is 11.4 Å². The van der Waals surface area contributed by atoms with Crippen LogP contribution >= 0.6 is 0 Å². The minimum Gasteiger partial charge on any atom is -0.348 e. The summed E-state index contributed by atoms with van der Waals surface area (Å²) in [7, 11) is 0. The number of ketones is 1.